The van der Waals surface area contributed by atoms with Crippen LogP contribution in [0.1, 0.15) is 5.56 Å². The lowest BCUT2D eigenvalue weighted by Gasteiger charge is -2.09. The van der Waals surface area contributed by atoms with E-state index in [1.165, 1.54) is 18.2 Å². The SMILES string of the molecule is Nc1cccc(Oc2ccc(C(F)(F)F)cc2)c1[N+](=O)[O-]. The van der Waals surface area contributed by atoms with Gasteiger partial charge in [-0.1, -0.05) is 6.07 Å². The summed E-state index contributed by atoms with van der Waals surface area (Å²) in [5.41, 5.74) is 4.12. The first kappa shape index (κ1) is 14.6. The molecular formula is C13H9F3N2O3. The van der Waals surface area contributed by atoms with Crippen LogP contribution in [0, 0.1) is 10.1 Å². The number of nitro groups is 1. The lowest BCUT2D eigenvalue weighted by molar-refractivity contribution is -0.384. The van der Waals surface area contributed by atoms with Crippen molar-refractivity contribution in [2.75, 3.05) is 5.73 Å². The molecule has 0 spiro atoms. The number of rotatable bonds is 3. The second-order valence-corrected chi connectivity index (χ2v) is 4.08. The van der Waals surface area contributed by atoms with Crippen LogP contribution in [0.2, 0.25) is 0 Å². The number of para-hydroxylation sites is 1. The smallest absolute Gasteiger partial charge is 0.416 e. The number of nitro benzene ring substituents is 1. The Morgan fingerprint density at radius 3 is 2.24 bits per heavy atom. The number of hydrogen-bond acceptors (Lipinski definition) is 4. The van der Waals surface area contributed by atoms with E-state index in [1.54, 1.807) is 0 Å². The molecule has 5 nitrogen and oxygen atoms in total. The van der Waals surface area contributed by atoms with Crippen molar-refractivity contribution in [3.63, 3.8) is 0 Å². The summed E-state index contributed by atoms with van der Waals surface area (Å²) in [5.74, 6) is -0.101. The number of alkyl halides is 3. The van der Waals surface area contributed by atoms with Crippen molar-refractivity contribution in [1.29, 1.82) is 0 Å². The van der Waals surface area contributed by atoms with Crippen molar-refractivity contribution in [2.45, 2.75) is 6.18 Å². The molecule has 0 aliphatic rings. The second-order valence-electron chi connectivity index (χ2n) is 4.08. The van der Waals surface area contributed by atoms with E-state index in [0.717, 1.165) is 24.3 Å². The van der Waals surface area contributed by atoms with Crippen LogP contribution in [0.4, 0.5) is 24.5 Å². The Labute approximate surface area is 116 Å². The third-order valence-electron chi connectivity index (χ3n) is 2.62. The van der Waals surface area contributed by atoms with E-state index in [9.17, 15) is 23.3 Å². The average molecular weight is 298 g/mol. The van der Waals surface area contributed by atoms with Crippen LogP contribution in [0.3, 0.4) is 0 Å². The standard InChI is InChI=1S/C13H9F3N2O3/c14-13(15,16)8-4-6-9(7-5-8)21-11-3-1-2-10(17)12(11)18(19)20/h1-7H,17H2. The maximum absolute atomic E-state index is 12.4. The van der Waals surface area contributed by atoms with Crippen molar-refractivity contribution in [3.8, 4) is 11.5 Å². The van der Waals surface area contributed by atoms with Crippen LogP contribution >= 0.6 is 0 Å². The third kappa shape index (κ3) is 3.22. The Kier molecular flexibility index (Phi) is 3.70. The third-order valence-corrected chi connectivity index (χ3v) is 2.62. The van der Waals surface area contributed by atoms with Gasteiger partial charge in [-0.2, -0.15) is 13.2 Å². The molecule has 0 atom stereocenters. The van der Waals surface area contributed by atoms with Gasteiger partial charge in [0, 0.05) is 0 Å². The van der Waals surface area contributed by atoms with E-state index < -0.39 is 22.4 Å². The topological polar surface area (TPSA) is 78.4 Å². The number of anilines is 1. The number of benzene rings is 2. The van der Waals surface area contributed by atoms with Crippen molar-refractivity contribution < 1.29 is 22.8 Å². The summed E-state index contributed by atoms with van der Waals surface area (Å²) in [5, 5.41) is 10.9. The van der Waals surface area contributed by atoms with Gasteiger partial charge in [0.15, 0.2) is 0 Å². The minimum absolute atomic E-state index is 0.0386. The predicted molar refractivity (Wildman–Crippen MR) is 69.0 cm³/mol. The Balaban J connectivity index is 2.31. The highest BCUT2D eigenvalue weighted by Gasteiger charge is 2.30. The molecule has 0 saturated carbocycles. The summed E-state index contributed by atoms with van der Waals surface area (Å²) in [6.07, 6.45) is -4.46. The maximum atomic E-state index is 12.4. The lowest BCUT2D eigenvalue weighted by Crippen LogP contribution is -2.04. The molecular weight excluding hydrogens is 289 g/mol. The van der Waals surface area contributed by atoms with E-state index in [2.05, 4.69) is 0 Å². The van der Waals surface area contributed by atoms with Gasteiger partial charge < -0.3 is 10.5 Å². The fourth-order valence-electron chi connectivity index (χ4n) is 1.66. The number of nitrogens with two attached hydrogens (primary N) is 1. The van der Waals surface area contributed by atoms with Gasteiger partial charge in [0.25, 0.3) is 0 Å². The molecule has 8 heteroatoms. The van der Waals surface area contributed by atoms with Crippen LogP contribution in [0.5, 0.6) is 11.5 Å². The molecule has 21 heavy (non-hydrogen) atoms. The quantitative estimate of drug-likeness (QED) is 0.528. The average Bonchev–Trinajstić information content (AvgIpc) is 2.38. The van der Waals surface area contributed by atoms with Crippen molar-refractivity contribution in [1.82, 2.24) is 0 Å². The summed E-state index contributed by atoms with van der Waals surface area (Å²) in [6, 6.07) is 7.90. The number of ether oxygens (including phenoxy) is 1. The highest BCUT2D eigenvalue weighted by atomic mass is 19.4. The molecule has 0 unspecified atom stereocenters. The van der Waals surface area contributed by atoms with Crippen LogP contribution in [0.25, 0.3) is 0 Å². The molecule has 2 rings (SSSR count). The lowest BCUT2D eigenvalue weighted by atomic mass is 10.2. The molecule has 0 aliphatic carbocycles. The normalized spacial score (nSPS) is 11.2. The van der Waals surface area contributed by atoms with Gasteiger partial charge in [0.2, 0.25) is 5.75 Å². The minimum atomic E-state index is -4.46. The van der Waals surface area contributed by atoms with Crippen molar-refractivity contribution in [2.24, 2.45) is 0 Å². The van der Waals surface area contributed by atoms with Crippen LogP contribution in [-0.4, -0.2) is 4.92 Å². The largest absolute Gasteiger partial charge is 0.450 e. The number of halogens is 3. The fraction of sp³-hybridized carbons (Fsp3) is 0.0769. The fourth-order valence-corrected chi connectivity index (χ4v) is 1.66. The van der Waals surface area contributed by atoms with Crippen LogP contribution in [0.15, 0.2) is 42.5 Å². The highest BCUT2D eigenvalue weighted by molar-refractivity contribution is 5.66. The molecule has 0 aromatic heterocycles. The van der Waals surface area contributed by atoms with Crippen LogP contribution in [-0.2, 0) is 6.18 Å². The molecule has 2 N–H and O–H groups in total. The van der Waals surface area contributed by atoms with Crippen molar-refractivity contribution >= 4 is 11.4 Å². The summed E-state index contributed by atoms with van der Waals surface area (Å²) in [6.45, 7) is 0. The van der Waals surface area contributed by atoms with E-state index in [4.69, 9.17) is 10.5 Å². The monoisotopic (exact) mass is 298 g/mol. The molecule has 0 radical (unpaired) electrons. The predicted octanol–water partition coefficient (Wildman–Crippen LogP) is 3.99. The Hall–Kier alpha value is -2.77. The zero-order valence-corrected chi connectivity index (χ0v) is 10.4. The zero-order chi connectivity index (χ0) is 15.6. The first-order chi connectivity index (χ1) is 9.79. The molecule has 2 aromatic carbocycles. The summed E-state index contributed by atoms with van der Waals surface area (Å²) < 4.78 is 42.5. The van der Waals surface area contributed by atoms with Gasteiger partial charge in [-0.05, 0) is 36.4 Å². The molecule has 0 bridgehead atoms. The Morgan fingerprint density at radius 2 is 1.71 bits per heavy atom. The van der Waals surface area contributed by atoms with Gasteiger partial charge in [-0.3, -0.25) is 10.1 Å². The summed E-state index contributed by atoms with van der Waals surface area (Å²) in [4.78, 5) is 10.2. The van der Waals surface area contributed by atoms with E-state index in [-0.39, 0.29) is 17.2 Å². The van der Waals surface area contributed by atoms with Gasteiger partial charge in [0.1, 0.15) is 11.4 Å². The molecule has 0 amide bonds. The van der Waals surface area contributed by atoms with E-state index >= 15 is 0 Å². The molecule has 0 heterocycles. The number of nitrogens with zero attached hydrogens (tertiary/aromatic N) is 1. The number of nitrogen functional groups attached to an aromatic ring is 1. The summed E-state index contributed by atoms with van der Waals surface area (Å²) in [7, 11) is 0. The first-order valence-electron chi connectivity index (χ1n) is 5.67. The molecule has 0 saturated heterocycles. The zero-order valence-electron chi connectivity index (χ0n) is 10.4. The van der Waals surface area contributed by atoms with E-state index in [1.807, 2.05) is 0 Å². The molecule has 110 valence electrons. The van der Waals surface area contributed by atoms with Gasteiger partial charge >= 0.3 is 11.9 Å². The highest BCUT2D eigenvalue weighted by Crippen LogP contribution is 2.36. The molecule has 0 aliphatic heterocycles. The van der Waals surface area contributed by atoms with Gasteiger partial charge in [0.05, 0.1) is 10.5 Å². The van der Waals surface area contributed by atoms with E-state index in [0.29, 0.717) is 0 Å². The Bertz CT molecular complexity index is 669. The van der Waals surface area contributed by atoms with Crippen molar-refractivity contribution in [3.05, 3.63) is 58.1 Å². The summed E-state index contributed by atoms with van der Waals surface area (Å²) >= 11 is 0. The Morgan fingerprint density at radius 1 is 1.10 bits per heavy atom. The molecule has 2 aromatic rings. The first-order valence-corrected chi connectivity index (χ1v) is 5.67. The second kappa shape index (κ2) is 5.31. The molecule has 0 fully saturated rings. The van der Waals surface area contributed by atoms with Gasteiger partial charge in [-0.25, -0.2) is 0 Å². The number of hydrogen-bond donors (Lipinski definition) is 1. The maximum Gasteiger partial charge on any atom is 0.416 e. The minimum Gasteiger partial charge on any atom is -0.450 e. The van der Waals surface area contributed by atoms with Gasteiger partial charge in [-0.15, -0.1) is 0 Å². The van der Waals surface area contributed by atoms with Crippen LogP contribution < -0.4 is 10.5 Å².